The van der Waals surface area contributed by atoms with E-state index in [0.29, 0.717) is 13.1 Å². The number of carbonyl (C=O) groups excluding carboxylic acids is 2. The van der Waals surface area contributed by atoms with Crippen molar-refractivity contribution in [1.82, 2.24) is 9.80 Å². The van der Waals surface area contributed by atoms with Gasteiger partial charge in [0.05, 0.1) is 6.10 Å². The van der Waals surface area contributed by atoms with Crippen LogP contribution in [0.4, 0.5) is 4.79 Å². The van der Waals surface area contributed by atoms with E-state index in [1.165, 1.54) is 4.90 Å². The Morgan fingerprint density at radius 1 is 1.19 bits per heavy atom. The number of carbonyl (C=O) groups is 2. The molecule has 0 aromatic heterocycles. The summed E-state index contributed by atoms with van der Waals surface area (Å²) in [4.78, 5) is 27.6. The SMILES string of the molecule is CC(C)(C)OC(=O)N1CCN([C@H]2CC[C@H](O)CC2)C(=O)C1. The van der Waals surface area contributed by atoms with Crippen molar-refractivity contribution in [2.45, 2.75) is 64.2 Å². The molecule has 0 bridgehead atoms. The molecule has 6 heteroatoms. The van der Waals surface area contributed by atoms with Gasteiger partial charge in [-0.2, -0.15) is 0 Å². The minimum Gasteiger partial charge on any atom is -0.444 e. The van der Waals surface area contributed by atoms with E-state index in [9.17, 15) is 14.7 Å². The van der Waals surface area contributed by atoms with E-state index in [-0.39, 0.29) is 24.6 Å². The topological polar surface area (TPSA) is 70.1 Å². The molecule has 1 saturated heterocycles. The summed E-state index contributed by atoms with van der Waals surface area (Å²) < 4.78 is 5.30. The molecule has 2 aliphatic rings. The molecule has 1 saturated carbocycles. The number of nitrogens with zero attached hydrogens (tertiary/aromatic N) is 2. The Morgan fingerprint density at radius 3 is 2.33 bits per heavy atom. The van der Waals surface area contributed by atoms with Crippen molar-refractivity contribution < 1.29 is 19.4 Å². The molecule has 2 amide bonds. The summed E-state index contributed by atoms with van der Waals surface area (Å²) in [5, 5.41) is 9.54. The summed E-state index contributed by atoms with van der Waals surface area (Å²) in [5.74, 6) is -0.0199. The van der Waals surface area contributed by atoms with Crippen molar-refractivity contribution in [3.63, 3.8) is 0 Å². The monoisotopic (exact) mass is 298 g/mol. The molecule has 1 heterocycles. The summed E-state index contributed by atoms with van der Waals surface area (Å²) >= 11 is 0. The van der Waals surface area contributed by atoms with E-state index in [1.807, 2.05) is 25.7 Å². The Bertz CT molecular complexity index is 397. The molecule has 0 aromatic rings. The Labute approximate surface area is 126 Å². The van der Waals surface area contributed by atoms with Crippen molar-refractivity contribution in [1.29, 1.82) is 0 Å². The standard InChI is InChI=1S/C15H26N2O4/c1-15(2,3)21-14(20)16-8-9-17(13(19)10-16)11-4-6-12(18)7-5-11/h11-12,18H,4-10H2,1-3H3/t11-,12-. The predicted octanol–water partition coefficient (Wildman–Crippen LogP) is 1.37. The molecular weight excluding hydrogens is 272 g/mol. The predicted molar refractivity (Wildman–Crippen MR) is 77.8 cm³/mol. The average molecular weight is 298 g/mol. The summed E-state index contributed by atoms with van der Waals surface area (Å²) in [7, 11) is 0. The van der Waals surface area contributed by atoms with E-state index in [1.54, 1.807) is 0 Å². The summed E-state index contributed by atoms with van der Waals surface area (Å²) in [6.07, 6.45) is 2.56. The van der Waals surface area contributed by atoms with Crippen LogP contribution in [0.5, 0.6) is 0 Å². The van der Waals surface area contributed by atoms with Gasteiger partial charge >= 0.3 is 6.09 Å². The molecule has 1 N–H and O–H groups in total. The molecule has 0 spiro atoms. The van der Waals surface area contributed by atoms with Crippen LogP contribution in [0.15, 0.2) is 0 Å². The van der Waals surface area contributed by atoms with Crippen LogP contribution in [0.25, 0.3) is 0 Å². The van der Waals surface area contributed by atoms with Gasteiger partial charge in [0.2, 0.25) is 5.91 Å². The molecule has 6 nitrogen and oxygen atoms in total. The fourth-order valence-corrected chi connectivity index (χ4v) is 2.92. The third-order valence-corrected chi connectivity index (χ3v) is 4.02. The highest BCUT2D eigenvalue weighted by Gasteiger charge is 2.34. The van der Waals surface area contributed by atoms with Crippen LogP contribution in [-0.4, -0.2) is 64.3 Å². The Balaban J connectivity index is 1.87. The molecule has 2 rings (SSSR count). The van der Waals surface area contributed by atoms with Crippen molar-refractivity contribution in [2.24, 2.45) is 0 Å². The lowest BCUT2D eigenvalue weighted by Gasteiger charge is -2.41. The first-order chi connectivity index (χ1) is 9.76. The number of amides is 2. The van der Waals surface area contributed by atoms with Crippen LogP contribution in [0.2, 0.25) is 0 Å². The molecule has 1 aliphatic carbocycles. The highest BCUT2D eigenvalue weighted by atomic mass is 16.6. The van der Waals surface area contributed by atoms with E-state index >= 15 is 0 Å². The van der Waals surface area contributed by atoms with Crippen LogP contribution in [0.3, 0.4) is 0 Å². The second-order valence-corrected chi connectivity index (χ2v) is 6.95. The molecule has 1 aliphatic heterocycles. The van der Waals surface area contributed by atoms with Crippen LogP contribution < -0.4 is 0 Å². The number of hydrogen-bond acceptors (Lipinski definition) is 4. The zero-order chi connectivity index (χ0) is 15.6. The smallest absolute Gasteiger partial charge is 0.410 e. The number of aliphatic hydroxyl groups excluding tert-OH is 1. The molecule has 0 aromatic carbocycles. The Morgan fingerprint density at radius 2 is 1.81 bits per heavy atom. The van der Waals surface area contributed by atoms with E-state index in [2.05, 4.69) is 0 Å². The summed E-state index contributed by atoms with van der Waals surface area (Å²) in [6.45, 7) is 6.61. The maximum Gasteiger partial charge on any atom is 0.410 e. The van der Waals surface area contributed by atoms with Crippen molar-refractivity contribution >= 4 is 12.0 Å². The Hall–Kier alpha value is -1.30. The molecule has 0 unspecified atom stereocenters. The first-order valence-electron chi connectivity index (χ1n) is 7.72. The van der Waals surface area contributed by atoms with Gasteiger partial charge in [-0.3, -0.25) is 9.69 Å². The second kappa shape index (κ2) is 6.22. The van der Waals surface area contributed by atoms with Gasteiger partial charge in [0.15, 0.2) is 0 Å². The van der Waals surface area contributed by atoms with E-state index in [4.69, 9.17) is 4.74 Å². The van der Waals surface area contributed by atoms with Gasteiger partial charge in [0.1, 0.15) is 12.1 Å². The number of hydrogen-bond donors (Lipinski definition) is 1. The summed E-state index contributed by atoms with van der Waals surface area (Å²) in [5.41, 5.74) is -0.545. The Kier molecular flexibility index (Phi) is 4.76. The van der Waals surface area contributed by atoms with Crippen molar-refractivity contribution in [3.05, 3.63) is 0 Å². The highest BCUT2D eigenvalue weighted by Crippen LogP contribution is 2.24. The maximum atomic E-state index is 12.3. The van der Waals surface area contributed by atoms with Gasteiger partial charge < -0.3 is 14.7 Å². The maximum absolute atomic E-state index is 12.3. The van der Waals surface area contributed by atoms with E-state index < -0.39 is 11.7 Å². The van der Waals surface area contributed by atoms with Gasteiger partial charge in [-0.15, -0.1) is 0 Å². The van der Waals surface area contributed by atoms with Gasteiger partial charge in [-0.1, -0.05) is 0 Å². The van der Waals surface area contributed by atoms with Crippen molar-refractivity contribution in [2.75, 3.05) is 19.6 Å². The fraction of sp³-hybridized carbons (Fsp3) is 0.867. The quantitative estimate of drug-likeness (QED) is 0.794. The van der Waals surface area contributed by atoms with E-state index in [0.717, 1.165) is 25.7 Å². The summed E-state index contributed by atoms with van der Waals surface area (Å²) in [6, 6.07) is 0.210. The zero-order valence-corrected chi connectivity index (χ0v) is 13.2. The molecule has 0 atom stereocenters. The number of piperazine rings is 1. The minimum atomic E-state index is -0.545. The van der Waals surface area contributed by atoms with Gasteiger partial charge in [-0.25, -0.2) is 4.79 Å². The van der Waals surface area contributed by atoms with Crippen LogP contribution in [-0.2, 0) is 9.53 Å². The van der Waals surface area contributed by atoms with Gasteiger partial charge in [-0.05, 0) is 46.5 Å². The normalized spacial score (nSPS) is 27.7. The molecule has 0 radical (unpaired) electrons. The molecule has 21 heavy (non-hydrogen) atoms. The molecule has 2 fully saturated rings. The first kappa shape index (κ1) is 16.1. The third-order valence-electron chi connectivity index (χ3n) is 4.02. The van der Waals surface area contributed by atoms with Gasteiger partial charge in [0.25, 0.3) is 0 Å². The van der Waals surface area contributed by atoms with Crippen LogP contribution >= 0.6 is 0 Å². The zero-order valence-electron chi connectivity index (χ0n) is 13.2. The molecule has 120 valence electrons. The van der Waals surface area contributed by atoms with Crippen molar-refractivity contribution in [3.8, 4) is 0 Å². The lowest BCUT2D eigenvalue weighted by molar-refractivity contribution is -0.139. The van der Waals surface area contributed by atoms with Crippen LogP contribution in [0, 0.1) is 0 Å². The lowest BCUT2D eigenvalue weighted by Crippen LogP contribution is -2.56. The third kappa shape index (κ3) is 4.33. The average Bonchev–Trinajstić information content (AvgIpc) is 2.38. The number of rotatable bonds is 1. The lowest BCUT2D eigenvalue weighted by atomic mass is 9.91. The largest absolute Gasteiger partial charge is 0.444 e. The van der Waals surface area contributed by atoms with Crippen LogP contribution in [0.1, 0.15) is 46.5 Å². The number of aliphatic hydroxyl groups is 1. The first-order valence-corrected chi connectivity index (χ1v) is 7.72. The number of ether oxygens (including phenoxy) is 1. The second-order valence-electron chi connectivity index (χ2n) is 6.95. The highest BCUT2D eigenvalue weighted by molar-refractivity contribution is 5.83. The van der Waals surface area contributed by atoms with Gasteiger partial charge in [0, 0.05) is 19.1 Å². The fourth-order valence-electron chi connectivity index (χ4n) is 2.92. The minimum absolute atomic E-state index is 0.0199. The molecular formula is C15H26N2O4.